The molecule has 0 aliphatic carbocycles. The van der Waals surface area contributed by atoms with Crippen LogP contribution in [0.3, 0.4) is 0 Å². The summed E-state index contributed by atoms with van der Waals surface area (Å²) in [5.41, 5.74) is 4.49. The SMILES string of the molecule is NC(=O)NC(=O)CO.[Ag]. The number of amides is 3. The predicted molar refractivity (Wildman–Crippen MR) is 24.8 cm³/mol. The molecule has 0 aromatic rings. The summed E-state index contributed by atoms with van der Waals surface area (Å²) < 4.78 is 0. The Morgan fingerprint density at radius 1 is 1.56 bits per heavy atom. The van der Waals surface area contributed by atoms with Gasteiger partial charge in [0.2, 0.25) is 0 Å². The number of imide groups is 1. The molecule has 0 fully saturated rings. The van der Waals surface area contributed by atoms with E-state index in [2.05, 4.69) is 5.73 Å². The number of urea groups is 1. The Hall–Kier alpha value is -0.360. The number of primary amides is 1. The van der Waals surface area contributed by atoms with Crippen molar-refractivity contribution in [3.05, 3.63) is 0 Å². The quantitative estimate of drug-likeness (QED) is 0.459. The average Bonchev–Trinajstić information content (AvgIpc) is 1.65. The molecule has 0 rings (SSSR count). The number of nitrogens with one attached hydrogen (secondary N) is 1. The number of carbonyl (C=O) groups excluding carboxylic acids is 2. The zero-order chi connectivity index (χ0) is 6.57. The molecule has 3 amide bonds. The van der Waals surface area contributed by atoms with Crippen LogP contribution < -0.4 is 11.1 Å². The third-order valence-corrected chi connectivity index (χ3v) is 0.406. The first-order valence-corrected chi connectivity index (χ1v) is 1.87. The number of aliphatic hydroxyl groups excluding tert-OH is 1. The molecule has 0 unspecified atom stereocenters. The molecular formula is C3H6AgN2O3. The number of hydrogen-bond acceptors (Lipinski definition) is 3. The van der Waals surface area contributed by atoms with Crippen LogP contribution >= 0.6 is 0 Å². The molecule has 0 heterocycles. The van der Waals surface area contributed by atoms with Crippen molar-refractivity contribution >= 4 is 11.9 Å². The maximum Gasteiger partial charge on any atom is 0.318 e. The first-order valence-electron chi connectivity index (χ1n) is 1.87. The normalized spacial score (nSPS) is 7.22. The maximum absolute atomic E-state index is 9.96. The van der Waals surface area contributed by atoms with Gasteiger partial charge >= 0.3 is 6.03 Å². The zero-order valence-corrected chi connectivity index (χ0v) is 5.83. The van der Waals surface area contributed by atoms with E-state index >= 15 is 0 Å². The van der Waals surface area contributed by atoms with E-state index in [0.29, 0.717) is 0 Å². The van der Waals surface area contributed by atoms with Crippen LogP contribution in [-0.4, -0.2) is 23.7 Å². The van der Waals surface area contributed by atoms with E-state index in [1.165, 1.54) is 0 Å². The van der Waals surface area contributed by atoms with Crippen molar-refractivity contribution in [2.75, 3.05) is 6.61 Å². The first-order chi connectivity index (χ1) is 3.66. The molecule has 0 aromatic heterocycles. The summed E-state index contributed by atoms with van der Waals surface area (Å²) >= 11 is 0. The van der Waals surface area contributed by atoms with Crippen molar-refractivity contribution in [2.45, 2.75) is 0 Å². The van der Waals surface area contributed by atoms with Gasteiger partial charge in [0.15, 0.2) is 0 Å². The van der Waals surface area contributed by atoms with Gasteiger partial charge in [0.1, 0.15) is 6.61 Å². The Morgan fingerprint density at radius 2 is 2.00 bits per heavy atom. The molecule has 0 aromatic carbocycles. The molecule has 0 saturated heterocycles. The molecule has 0 bridgehead atoms. The number of carbonyl (C=O) groups is 2. The second-order valence-electron chi connectivity index (χ2n) is 1.07. The molecule has 9 heavy (non-hydrogen) atoms. The van der Waals surface area contributed by atoms with Crippen molar-refractivity contribution in [2.24, 2.45) is 5.73 Å². The fourth-order valence-electron chi connectivity index (χ4n) is 0.177. The van der Waals surface area contributed by atoms with Crippen LogP contribution in [0.1, 0.15) is 0 Å². The van der Waals surface area contributed by atoms with E-state index in [4.69, 9.17) is 5.11 Å². The molecule has 0 atom stereocenters. The second-order valence-corrected chi connectivity index (χ2v) is 1.07. The number of aliphatic hydroxyl groups is 1. The minimum absolute atomic E-state index is 0. The Kier molecular flexibility index (Phi) is 7.33. The minimum atomic E-state index is -0.955. The smallest absolute Gasteiger partial charge is 0.318 e. The number of rotatable bonds is 1. The van der Waals surface area contributed by atoms with Gasteiger partial charge in [0, 0.05) is 22.4 Å². The zero-order valence-electron chi connectivity index (χ0n) is 4.35. The summed E-state index contributed by atoms with van der Waals surface area (Å²) in [4.78, 5) is 19.7. The van der Waals surface area contributed by atoms with E-state index in [0.717, 1.165) is 0 Å². The van der Waals surface area contributed by atoms with Crippen molar-refractivity contribution < 1.29 is 37.1 Å². The van der Waals surface area contributed by atoms with Gasteiger partial charge in [-0.2, -0.15) is 0 Å². The topological polar surface area (TPSA) is 92.4 Å². The van der Waals surface area contributed by atoms with E-state index in [9.17, 15) is 9.59 Å². The Morgan fingerprint density at radius 3 is 2.11 bits per heavy atom. The average molecular weight is 226 g/mol. The third-order valence-electron chi connectivity index (χ3n) is 0.406. The van der Waals surface area contributed by atoms with Gasteiger partial charge < -0.3 is 10.8 Å². The van der Waals surface area contributed by atoms with Crippen LogP contribution in [0.5, 0.6) is 0 Å². The van der Waals surface area contributed by atoms with Crippen LogP contribution in [0.2, 0.25) is 0 Å². The number of hydrogen-bond donors (Lipinski definition) is 3. The molecule has 5 nitrogen and oxygen atoms in total. The maximum atomic E-state index is 9.96. The fourth-order valence-corrected chi connectivity index (χ4v) is 0.177. The minimum Gasteiger partial charge on any atom is -0.387 e. The van der Waals surface area contributed by atoms with Crippen LogP contribution in [-0.2, 0) is 27.2 Å². The van der Waals surface area contributed by atoms with Crippen LogP contribution in [0.4, 0.5) is 4.79 Å². The van der Waals surface area contributed by atoms with E-state index in [-0.39, 0.29) is 22.4 Å². The molecule has 0 spiro atoms. The predicted octanol–water partition coefficient (Wildman–Crippen LogP) is -1.83. The van der Waals surface area contributed by atoms with E-state index < -0.39 is 18.5 Å². The van der Waals surface area contributed by atoms with E-state index in [1.54, 1.807) is 5.32 Å². The molecule has 1 radical (unpaired) electrons. The Labute approximate surface area is 67.1 Å². The van der Waals surface area contributed by atoms with Crippen LogP contribution in [0, 0.1) is 0 Å². The van der Waals surface area contributed by atoms with Crippen molar-refractivity contribution in [3.8, 4) is 0 Å². The van der Waals surface area contributed by atoms with Crippen molar-refractivity contribution in [1.82, 2.24) is 5.32 Å². The van der Waals surface area contributed by atoms with Crippen molar-refractivity contribution in [1.29, 1.82) is 0 Å². The monoisotopic (exact) mass is 225 g/mol. The molecule has 0 aliphatic heterocycles. The summed E-state index contributed by atoms with van der Waals surface area (Å²) in [5.74, 6) is -0.794. The Bertz CT molecular complexity index is 116. The largest absolute Gasteiger partial charge is 0.387 e. The summed E-state index contributed by atoms with van der Waals surface area (Å²) in [7, 11) is 0. The summed E-state index contributed by atoms with van der Waals surface area (Å²) in [6.07, 6.45) is 0. The van der Waals surface area contributed by atoms with Crippen LogP contribution in [0.25, 0.3) is 0 Å². The molecule has 0 aliphatic rings. The van der Waals surface area contributed by atoms with Gasteiger partial charge in [-0.15, -0.1) is 0 Å². The summed E-state index contributed by atoms with van der Waals surface area (Å²) in [6, 6.07) is -0.955. The molecular weight excluding hydrogens is 220 g/mol. The molecule has 57 valence electrons. The summed E-state index contributed by atoms with van der Waals surface area (Å²) in [6.45, 7) is -0.719. The molecule has 6 heteroatoms. The molecule has 4 N–H and O–H groups in total. The Balaban J connectivity index is 0. The van der Waals surface area contributed by atoms with Gasteiger partial charge in [-0.3, -0.25) is 10.1 Å². The summed E-state index contributed by atoms with van der Waals surface area (Å²) in [5, 5.41) is 9.61. The fraction of sp³-hybridized carbons (Fsp3) is 0.333. The van der Waals surface area contributed by atoms with Gasteiger partial charge in [-0.05, 0) is 0 Å². The van der Waals surface area contributed by atoms with Gasteiger partial charge in [-0.1, -0.05) is 0 Å². The molecule has 0 saturated carbocycles. The number of nitrogens with two attached hydrogens (primary N) is 1. The first kappa shape index (κ1) is 11.4. The van der Waals surface area contributed by atoms with Crippen molar-refractivity contribution in [3.63, 3.8) is 0 Å². The standard InChI is InChI=1S/C3H6N2O3.Ag/c4-3(8)5-2(7)1-6;/h6H,1H2,(H3,4,5,7,8);. The van der Waals surface area contributed by atoms with Gasteiger partial charge in [0.05, 0.1) is 0 Å². The van der Waals surface area contributed by atoms with Gasteiger partial charge in [0.25, 0.3) is 5.91 Å². The van der Waals surface area contributed by atoms with E-state index in [1.807, 2.05) is 0 Å². The van der Waals surface area contributed by atoms with Gasteiger partial charge in [-0.25, -0.2) is 4.79 Å². The second kappa shape index (κ2) is 5.77. The van der Waals surface area contributed by atoms with Crippen LogP contribution in [0.15, 0.2) is 0 Å². The third kappa shape index (κ3) is 7.64.